The van der Waals surface area contributed by atoms with Crippen LogP contribution in [0.25, 0.3) is 0 Å². The fraction of sp³-hybridized carbons (Fsp3) is 0.500. The zero-order valence-corrected chi connectivity index (χ0v) is 17.4. The standard InChI is InChI=1S/C22H29NO5/c1-20(2,3)13-16-14-22(18(25)26,12-15-10-8-7-9-11-15)23(17(16)24)19(27)28-21(4,5)6/h7-11,13H,12,14H2,1-6H3,(H,25,26)/t22-/m0/s1. The summed E-state index contributed by atoms with van der Waals surface area (Å²) < 4.78 is 5.39. The lowest BCUT2D eigenvalue weighted by molar-refractivity contribution is -0.153. The summed E-state index contributed by atoms with van der Waals surface area (Å²) in [7, 11) is 0. The number of carboxylic acid groups (broad SMARTS) is 1. The van der Waals surface area contributed by atoms with Crippen LogP contribution in [0.1, 0.15) is 53.5 Å². The van der Waals surface area contributed by atoms with Crippen molar-refractivity contribution in [1.82, 2.24) is 4.90 Å². The van der Waals surface area contributed by atoms with Crippen molar-refractivity contribution in [3.05, 3.63) is 47.5 Å². The highest BCUT2D eigenvalue weighted by Gasteiger charge is 2.58. The zero-order chi connectivity index (χ0) is 21.3. The molecule has 0 aromatic heterocycles. The number of aliphatic carboxylic acids is 1. The van der Waals surface area contributed by atoms with Gasteiger partial charge in [-0.25, -0.2) is 14.5 Å². The summed E-state index contributed by atoms with van der Waals surface area (Å²) in [6, 6.07) is 8.99. The van der Waals surface area contributed by atoms with Gasteiger partial charge in [0.05, 0.1) is 0 Å². The molecule has 0 saturated carbocycles. The van der Waals surface area contributed by atoms with E-state index in [-0.39, 0.29) is 18.3 Å². The van der Waals surface area contributed by atoms with E-state index in [2.05, 4.69) is 0 Å². The molecular weight excluding hydrogens is 358 g/mol. The molecule has 1 fully saturated rings. The Morgan fingerprint density at radius 3 is 2.18 bits per heavy atom. The van der Waals surface area contributed by atoms with E-state index in [0.717, 1.165) is 10.5 Å². The first-order chi connectivity index (χ1) is 12.8. The molecule has 0 aliphatic carbocycles. The third kappa shape index (κ3) is 4.80. The Morgan fingerprint density at radius 2 is 1.71 bits per heavy atom. The van der Waals surface area contributed by atoms with E-state index in [1.807, 2.05) is 26.8 Å². The number of nitrogens with zero attached hydrogens (tertiary/aromatic N) is 1. The number of allylic oxidation sites excluding steroid dienone is 1. The largest absolute Gasteiger partial charge is 0.479 e. The number of benzene rings is 1. The van der Waals surface area contributed by atoms with Crippen LogP contribution in [-0.4, -0.2) is 39.1 Å². The number of imide groups is 1. The van der Waals surface area contributed by atoms with Crippen LogP contribution in [0.15, 0.2) is 42.0 Å². The molecule has 6 nitrogen and oxygen atoms in total. The fourth-order valence-electron chi connectivity index (χ4n) is 3.33. The fourth-order valence-corrected chi connectivity index (χ4v) is 3.33. The van der Waals surface area contributed by atoms with Gasteiger partial charge in [0.1, 0.15) is 5.60 Å². The number of carboxylic acids is 1. The summed E-state index contributed by atoms with van der Waals surface area (Å²) in [6.45, 7) is 10.8. The van der Waals surface area contributed by atoms with Crippen molar-refractivity contribution in [2.45, 2.75) is 65.5 Å². The first kappa shape index (κ1) is 21.7. The van der Waals surface area contributed by atoms with Gasteiger partial charge in [-0.1, -0.05) is 57.2 Å². The SMILES string of the molecule is CC(C)(C)C=C1C[C@@](Cc2ccccc2)(C(=O)O)N(C(=O)OC(C)(C)C)C1=O. The molecule has 1 N–H and O–H groups in total. The van der Waals surface area contributed by atoms with Crippen molar-refractivity contribution in [3.63, 3.8) is 0 Å². The molecule has 1 saturated heterocycles. The normalized spacial score (nSPS) is 21.9. The maximum Gasteiger partial charge on any atom is 0.418 e. The van der Waals surface area contributed by atoms with Gasteiger partial charge in [-0.3, -0.25) is 4.79 Å². The van der Waals surface area contributed by atoms with Gasteiger partial charge in [0.15, 0.2) is 5.54 Å². The van der Waals surface area contributed by atoms with Gasteiger partial charge in [-0.15, -0.1) is 0 Å². The van der Waals surface area contributed by atoms with Crippen LogP contribution < -0.4 is 0 Å². The molecule has 1 atom stereocenters. The van der Waals surface area contributed by atoms with E-state index in [9.17, 15) is 19.5 Å². The topological polar surface area (TPSA) is 83.9 Å². The summed E-state index contributed by atoms with van der Waals surface area (Å²) in [6.07, 6.45) is 0.748. The van der Waals surface area contributed by atoms with Gasteiger partial charge in [-0.2, -0.15) is 0 Å². The van der Waals surface area contributed by atoms with Crippen LogP contribution in [0.4, 0.5) is 4.79 Å². The Morgan fingerprint density at radius 1 is 1.14 bits per heavy atom. The Kier molecular flexibility index (Phi) is 5.74. The Bertz CT molecular complexity index is 798. The molecule has 0 unspecified atom stereocenters. The lowest BCUT2D eigenvalue weighted by atomic mass is 9.85. The van der Waals surface area contributed by atoms with Gasteiger partial charge >= 0.3 is 12.1 Å². The minimum atomic E-state index is -1.72. The minimum absolute atomic E-state index is 0.00956. The monoisotopic (exact) mass is 387 g/mol. The van der Waals surface area contributed by atoms with Crippen LogP contribution in [-0.2, 0) is 20.7 Å². The third-order valence-electron chi connectivity index (χ3n) is 4.31. The van der Waals surface area contributed by atoms with Crippen molar-refractivity contribution in [3.8, 4) is 0 Å². The first-order valence-corrected chi connectivity index (χ1v) is 9.32. The smallest absolute Gasteiger partial charge is 0.418 e. The molecule has 152 valence electrons. The van der Waals surface area contributed by atoms with E-state index in [1.165, 1.54) is 0 Å². The number of hydrogen-bond donors (Lipinski definition) is 1. The van der Waals surface area contributed by atoms with Crippen molar-refractivity contribution in [2.24, 2.45) is 5.41 Å². The summed E-state index contributed by atoms with van der Waals surface area (Å²) in [5.74, 6) is -1.84. The maximum atomic E-state index is 13.1. The second-order valence-corrected chi connectivity index (χ2v) is 9.33. The van der Waals surface area contributed by atoms with Crippen LogP contribution >= 0.6 is 0 Å². The van der Waals surface area contributed by atoms with Crippen molar-refractivity contribution < 1.29 is 24.2 Å². The van der Waals surface area contributed by atoms with Crippen molar-refractivity contribution in [1.29, 1.82) is 0 Å². The molecule has 28 heavy (non-hydrogen) atoms. The lowest BCUT2D eigenvalue weighted by Gasteiger charge is -2.34. The molecule has 6 heteroatoms. The second kappa shape index (κ2) is 7.41. The lowest BCUT2D eigenvalue weighted by Crippen LogP contribution is -2.57. The van der Waals surface area contributed by atoms with Crippen LogP contribution in [0, 0.1) is 5.41 Å². The molecule has 1 aliphatic heterocycles. The number of amides is 2. The predicted octanol–water partition coefficient (Wildman–Crippen LogP) is 4.19. The third-order valence-corrected chi connectivity index (χ3v) is 4.31. The van der Waals surface area contributed by atoms with E-state index in [1.54, 1.807) is 51.1 Å². The van der Waals surface area contributed by atoms with Gasteiger partial charge in [0, 0.05) is 18.4 Å². The van der Waals surface area contributed by atoms with Crippen molar-refractivity contribution in [2.75, 3.05) is 0 Å². The van der Waals surface area contributed by atoms with E-state index < -0.39 is 29.1 Å². The first-order valence-electron chi connectivity index (χ1n) is 9.32. The molecule has 2 rings (SSSR count). The number of carbonyl (C=O) groups is 3. The summed E-state index contributed by atoms with van der Waals surface area (Å²) >= 11 is 0. The highest BCUT2D eigenvalue weighted by atomic mass is 16.6. The quantitative estimate of drug-likeness (QED) is 0.786. The van der Waals surface area contributed by atoms with Gasteiger partial charge < -0.3 is 9.84 Å². The molecular formula is C22H29NO5. The minimum Gasteiger partial charge on any atom is -0.479 e. The Hall–Kier alpha value is -2.63. The highest BCUT2D eigenvalue weighted by Crippen LogP contribution is 2.40. The van der Waals surface area contributed by atoms with Crippen LogP contribution in [0.2, 0.25) is 0 Å². The van der Waals surface area contributed by atoms with E-state index >= 15 is 0 Å². The zero-order valence-electron chi connectivity index (χ0n) is 17.4. The second-order valence-electron chi connectivity index (χ2n) is 9.33. The van der Waals surface area contributed by atoms with Gasteiger partial charge in [-0.05, 0) is 31.7 Å². The van der Waals surface area contributed by atoms with E-state index in [4.69, 9.17) is 4.74 Å². The number of carbonyl (C=O) groups excluding carboxylic acids is 2. The molecule has 0 spiro atoms. The van der Waals surface area contributed by atoms with Crippen molar-refractivity contribution >= 4 is 18.0 Å². The average molecular weight is 387 g/mol. The summed E-state index contributed by atoms with van der Waals surface area (Å²) in [5.41, 5.74) is -1.88. The number of likely N-dealkylation sites (tertiary alicyclic amines) is 1. The molecule has 0 radical (unpaired) electrons. The average Bonchev–Trinajstić information content (AvgIpc) is 2.78. The van der Waals surface area contributed by atoms with E-state index in [0.29, 0.717) is 5.57 Å². The molecule has 2 amide bonds. The molecule has 1 aromatic carbocycles. The number of ether oxygens (including phenoxy) is 1. The maximum absolute atomic E-state index is 13.1. The van der Waals surface area contributed by atoms with Crippen LogP contribution in [0.3, 0.4) is 0 Å². The summed E-state index contributed by atoms with van der Waals surface area (Å²) in [5, 5.41) is 10.1. The summed E-state index contributed by atoms with van der Waals surface area (Å²) in [4.78, 5) is 39.2. The predicted molar refractivity (Wildman–Crippen MR) is 106 cm³/mol. The molecule has 0 bridgehead atoms. The Balaban J connectivity index is 2.59. The number of hydrogen-bond acceptors (Lipinski definition) is 4. The Labute approximate surface area is 166 Å². The molecule has 1 aromatic rings. The van der Waals surface area contributed by atoms with Gasteiger partial charge in [0.25, 0.3) is 5.91 Å². The number of rotatable bonds is 3. The molecule has 1 aliphatic rings. The van der Waals surface area contributed by atoms with Crippen LogP contribution in [0.5, 0.6) is 0 Å². The molecule has 1 heterocycles. The van der Waals surface area contributed by atoms with Gasteiger partial charge in [0.2, 0.25) is 0 Å². The highest BCUT2D eigenvalue weighted by molar-refractivity contribution is 6.10.